The van der Waals surface area contributed by atoms with E-state index in [1.165, 1.54) is 12.1 Å². The third kappa shape index (κ3) is 2.93. The molecule has 0 unspecified atom stereocenters. The summed E-state index contributed by atoms with van der Waals surface area (Å²) in [6, 6.07) is 4.22. The number of hydrogen-bond donors (Lipinski definition) is 2. The summed E-state index contributed by atoms with van der Waals surface area (Å²) in [6.07, 6.45) is -2.08. The number of aliphatic hydroxyl groups is 1. The van der Waals surface area contributed by atoms with Crippen LogP contribution in [0.2, 0.25) is 0 Å². The molecule has 1 aromatic carbocycles. The lowest BCUT2D eigenvalue weighted by molar-refractivity contribution is -0.286. The van der Waals surface area contributed by atoms with E-state index < -0.39 is 12.4 Å². The van der Waals surface area contributed by atoms with Crippen molar-refractivity contribution >= 4 is 5.91 Å². The van der Waals surface area contributed by atoms with E-state index in [-0.39, 0.29) is 35.3 Å². The van der Waals surface area contributed by atoms with Crippen LogP contribution in [0.15, 0.2) is 18.2 Å². The second-order valence-electron chi connectivity index (χ2n) is 6.84. The molecule has 1 saturated heterocycles. The standard InChI is InChI=1S/C17H19F2NO5/c18-17(19)24-11-2-1-10(7-12(11)25-17)8-15(22)20-13-9-14(21)16(13)3-5-23-6-4-16/h1-2,7,13-14,21H,3-6,8-9H2,(H,20,22)/t13-,14-/m1/s1. The van der Waals surface area contributed by atoms with Gasteiger partial charge in [-0.2, -0.15) is 0 Å². The van der Waals surface area contributed by atoms with Gasteiger partial charge >= 0.3 is 6.29 Å². The fourth-order valence-corrected chi connectivity index (χ4v) is 3.93. The molecule has 2 heterocycles. The molecule has 0 radical (unpaired) electrons. The highest BCUT2D eigenvalue weighted by atomic mass is 19.3. The minimum atomic E-state index is -3.67. The molecular formula is C17H19F2NO5. The molecule has 2 fully saturated rings. The smallest absolute Gasteiger partial charge is 0.395 e. The van der Waals surface area contributed by atoms with Gasteiger partial charge in [-0.3, -0.25) is 4.79 Å². The van der Waals surface area contributed by atoms with Crippen LogP contribution in [-0.2, 0) is 16.0 Å². The highest BCUT2D eigenvalue weighted by molar-refractivity contribution is 5.79. The van der Waals surface area contributed by atoms with Crippen molar-refractivity contribution in [2.24, 2.45) is 5.41 Å². The molecule has 2 atom stereocenters. The van der Waals surface area contributed by atoms with Crippen LogP contribution in [0.5, 0.6) is 11.5 Å². The average molecular weight is 355 g/mol. The number of carbonyl (C=O) groups is 1. The van der Waals surface area contributed by atoms with Crippen LogP contribution < -0.4 is 14.8 Å². The van der Waals surface area contributed by atoms with E-state index >= 15 is 0 Å². The molecule has 0 bridgehead atoms. The van der Waals surface area contributed by atoms with Crippen LogP contribution in [0.25, 0.3) is 0 Å². The molecular weight excluding hydrogens is 336 g/mol. The van der Waals surface area contributed by atoms with Crippen molar-refractivity contribution in [2.75, 3.05) is 13.2 Å². The van der Waals surface area contributed by atoms with E-state index in [1.807, 2.05) is 0 Å². The predicted octanol–water partition coefficient (Wildman–Crippen LogP) is 1.60. The van der Waals surface area contributed by atoms with Gasteiger partial charge in [-0.15, -0.1) is 8.78 Å². The fraction of sp³-hybridized carbons (Fsp3) is 0.588. The van der Waals surface area contributed by atoms with Gasteiger partial charge in [0.2, 0.25) is 5.91 Å². The normalized spacial score (nSPS) is 28.4. The van der Waals surface area contributed by atoms with Gasteiger partial charge in [-0.25, -0.2) is 0 Å². The molecule has 136 valence electrons. The number of amides is 1. The van der Waals surface area contributed by atoms with Crippen LogP contribution in [-0.4, -0.2) is 42.7 Å². The summed E-state index contributed by atoms with van der Waals surface area (Å²) < 4.78 is 40.2. The molecule has 2 aliphatic heterocycles. The number of fused-ring (bicyclic) bond motifs is 1. The number of nitrogens with one attached hydrogen (secondary N) is 1. The van der Waals surface area contributed by atoms with Gasteiger partial charge < -0.3 is 24.6 Å². The van der Waals surface area contributed by atoms with Crippen LogP contribution in [0.1, 0.15) is 24.8 Å². The predicted molar refractivity (Wildman–Crippen MR) is 81.4 cm³/mol. The number of alkyl halides is 2. The summed E-state index contributed by atoms with van der Waals surface area (Å²) in [5, 5.41) is 13.1. The van der Waals surface area contributed by atoms with Crippen LogP contribution in [0.4, 0.5) is 8.78 Å². The van der Waals surface area contributed by atoms with Gasteiger partial charge in [0.15, 0.2) is 11.5 Å². The zero-order valence-electron chi connectivity index (χ0n) is 13.5. The van der Waals surface area contributed by atoms with Gasteiger partial charge in [0.1, 0.15) is 0 Å². The zero-order valence-corrected chi connectivity index (χ0v) is 13.5. The molecule has 8 heteroatoms. The monoisotopic (exact) mass is 355 g/mol. The molecule has 1 aliphatic carbocycles. The Balaban J connectivity index is 1.39. The van der Waals surface area contributed by atoms with E-state index in [2.05, 4.69) is 14.8 Å². The maximum Gasteiger partial charge on any atom is 0.586 e. The summed E-state index contributed by atoms with van der Waals surface area (Å²) in [7, 11) is 0. The number of hydrogen-bond acceptors (Lipinski definition) is 5. The lowest BCUT2D eigenvalue weighted by atomic mass is 9.58. The maximum absolute atomic E-state index is 13.0. The fourth-order valence-electron chi connectivity index (χ4n) is 3.93. The Morgan fingerprint density at radius 2 is 1.96 bits per heavy atom. The van der Waals surface area contributed by atoms with Crippen molar-refractivity contribution in [1.29, 1.82) is 0 Å². The zero-order chi connectivity index (χ0) is 17.7. The molecule has 6 nitrogen and oxygen atoms in total. The molecule has 2 N–H and O–H groups in total. The average Bonchev–Trinajstić information content (AvgIpc) is 2.88. The van der Waals surface area contributed by atoms with Crippen molar-refractivity contribution in [3.63, 3.8) is 0 Å². The van der Waals surface area contributed by atoms with Crippen LogP contribution >= 0.6 is 0 Å². The van der Waals surface area contributed by atoms with Crippen LogP contribution in [0.3, 0.4) is 0 Å². The lowest BCUT2D eigenvalue weighted by Gasteiger charge is -2.55. The van der Waals surface area contributed by atoms with Crippen molar-refractivity contribution in [1.82, 2.24) is 5.32 Å². The number of rotatable bonds is 3. The SMILES string of the molecule is O=C(Cc1ccc2c(c1)OC(F)(F)O2)N[C@@H]1C[C@@H](O)C12CCOCC2. The first-order chi connectivity index (χ1) is 11.9. The number of halogens is 2. The number of benzene rings is 1. The largest absolute Gasteiger partial charge is 0.586 e. The molecule has 1 saturated carbocycles. The number of aliphatic hydroxyl groups excluding tert-OH is 1. The second-order valence-corrected chi connectivity index (χ2v) is 6.84. The molecule has 25 heavy (non-hydrogen) atoms. The van der Waals surface area contributed by atoms with E-state index in [0.717, 1.165) is 12.8 Å². The Kier molecular flexibility index (Phi) is 3.84. The van der Waals surface area contributed by atoms with E-state index in [1.54, 1.807) is 6.07 Å². The molecule has 3 aliphatic rings. The van der Waals surface area contributed by atoms with Crippen molar-refractivity contribution in [3.05, 3.63) is 23.8 Å². The molecule has 1 amide bonds. The second kappa shape index (κ2) is 5.81. The van der Waals surface area contributed by atoms with Crippen molar-refractivity contribution < 1.29 is 32.9 Å². The molecule has 1 spiro atoms. The molecule has 0 aromatic heterocycles. The van der Waals surface area contributed by atoms with Crippen LogP contribution in [0, 0.1) is 5.41 Å². The maximum atomic E-state index is 13.0. The summed E-state index contributed by atoms with van der Waals surface area (Å²) in [6.45, 7) is 1.17. The van der Waals surface area contributed by atoms with E-state index in [0.29, 0.717) is 25.2 Å². The first-order valence-electron chi connectivity index (χ1n) is 8.32. The van der Waals surface area contributed by atoms with Gasteiger partial charge in [-0.1, -0.05) is 6.07 Å². The Morgan fingerprint density at radius 1 is 1.24 bits per heavy atom. The van der Waals surface area contributed by atoms with Gasteiger partial charge in [0.05, 0.1) is 12.5 Å². The topological polar surface area (TPSA) is 77.0 Å². The highest BCUT2D eigenvalue weighted by Crippen LogP contribution is 2.49. The molecule has 1 aromatic rings. The summed E-state index contributed by atoms with van der Waals surface area (Å²) >= 11 is 0. The lowest BCUT2D eigenvalue weighted by Crippen LogP contribution is -2.65. The summed E-state index contributed by atoms with van der Waals surface area (Å²) in [5.41, 5.74) is 0.253. The summed E-state index contributed by atoms with van der Waals surface area (Å²) in [5.74, 6) is -0.332. The van der Waals surface area contributed by atoms with Gasteiger partial charge in [-0.05, 0) is 37.0 Å². The third-order valence-corrected chi connectivity index (χ3v) is 5.41. The highest BCUT2D eigenvalue weighted by Gasteiger charge is 2.55. The third-order valence-electron chi connectivity index (χ3n) is 5.41. The van der Waals surface area contributed by atoms with E-state index in [9.17, 15) is 18.7 Å². The number of ether oxygens (including phenoxy) is 3. The Bertz CT molecular complexity index is 690. The quantitative estimate of drug-likeness (QED) is 0.861. The first-order valence-corrected chi connectivity index (χ1v) is 8.32. The van der Waals surface area contributed by atoms with Crippen molar-refractivity contribution in [2.45, 2.75) is 44.1 Å². The molecule has 4 rings (SSSR count). The van der Waals surface area contributed by atoms with E-state index in [4.69, 9.17) is 4.74 Å². The number of carbonyl (C=O) groups excluding carboxylic acids is 1. The Labute approximate surface area is 143 Å². The summed E-state index contributed by atoms with van der Waals surface area (Å²) in [4.78, 5) is 12.3. The van der Waals surface area contributed by atoms with Gasteiger partial charge in [0, 0.05) is 24.7 Å². The first kappa shape index (κ1) is 16.5. The Morgan fingerprint density at radius 3 is 2.68 bits per heavy atom. The van der Waals surface area contributed by atoms with Gasteiger partial charge in [0.25, 0.3) is 0 Å². The van der Waals surface area contributed by atoms with Crippen molar-refractivity contribution in [3.8, 4) is 11.5 Å². The minimum absolute atomic E-state index is 0.0430. The Hall–Kier alpha value is -1.93. The minimum Gasteiger partial charge on any atom is -0.395 e.